The first kappa shape index (κ1) is 10.2. The molecule has 86 valence electrons. The Labute approximate surface area is 95.9 Å². The average Bonchev–Trinajstić information content (AvgIpc) is 2.30. The molecule has 0 amide bonds. The maximum Gasteiger partial charge on any atom is 0.203 e. The molecule has 0 fully saturated rings. The molecular weight excluding hydrogens is 223 g/mol. The summed E-state index contributed by atoms with van der Waals surface area (Å²) in [7, 11) is 0. The molecule has 1 aliphatic rings. The monoisotopic (exact) mass is 232 g/mol. The molecule has 0 spiro atoms. The highest BCUT2D eigenvalue weighted by atomic mass is 19.1. The number of rotatable bonds is 0. The maximum atomic E-state index is 13.1. The van der Waals surface area contributed by atoms with Gasteiger partial charge in [0, 0.05) is 12.8 Å². The number of benzene rings is 1. The molecule has 3 rings (SSSR count). The highest BCUT2D eigenvalue weighted by Crippen LogP contribution is 2.23. The van der Waals surface area contributed by atoms with Gasteiger partial charge in [0.1, 0.15) is 22.7 Å². The third kappa shape index (κ3) is 1.48. The van der Waals surface area contributed by atoms with Crippen LogP contribution in [-0.2, 0) is 6.42 Å². The van der Waals surface area contributed by atoms with Crippen molar-refractivity contribution in [1.82, 2.24) is 0 Å². The van der Waals surface area contributed by atoms with Gasteiger partial charge in [0.2, 0.25) is 5.43 Å². The number of halogens is 1. The molecule has 0 bridgehead atoms. The van der Waals surface area contributed by atoms with Crippen LogP contribution < -0.4 is 5.43 Å². The number of carbonyl (C=O) groups is 1. The zero-order chi connectivity index (χ0) is 12.0. The molecule has 0 unspecified atom stereocenters. The number of aryl methyl sites for hydroxylation is 1. The lowest BCUT2D eigenvalue weighted by Gasteiger charge is -2.13. The van der Waals surface area contributed by atoms with Gasteiger partial charge in [-0.05, 0) is 24.6 Å². The Morgan fingerprint density at radius 1 is 1.18 bits per heavy atom. The second-order valence-corrected chi connectivity index (χ2v) is 4.15. The van der Waals surface area contributed by atoms with Gasteiger partial charge in [-0.3, -0.25) is 9.59 Å². The fourth-order valence-electron chi connectivity index (χ4n) is 2.21. The Balaban J connectivity index is 2.44. The lowest BCUT2D eigenvalue weighted by atomic mass is 9.94. The van der Waals surface area contributed by atoms with Crippen LogP contribution in [0.25, 0.3) is 11.0 Å². The predicted octanol–water partition coefficient (Wildman–Crippen LogP) is 2.45. The Kier molecular flexibility index (Phi) is 2.11. The Hall–Kier alpha value is -1.97. The normalized spacial score (nSPS) is 15.0. The van der Waals surface area contributed by atoms with Gasteiger partial charge >= 0.3 is 0 Å². The van der Waals surface area contributed by atoms with Gasteiger partial charge in [-0.15, -0.1) is 0 Å². The van der Waals surface area contributed by atoms with Crippen molar-refractivity contribution in [1.29, 1.82) is 0 Å². The number of Topliss-reactive ketones (excluding diaryl/α,β-unsaturated/α-hetero) is 1. The van der Waals surface area contributed by atoms with E-state index >= 15 is 0 Å². The van der Waals surface area contributed by atoms with Crippen LogP contribution in [0.15, 0.2) is 27.4 Å². The van der Waals surface area contributed by atoms with Crippen LogP contribution in [0.1, 0.15) is 29.0 Å². The first-order valence-electron chi connectivity index (χ1n) is 5.45. The summed E-state index contributed by atoms with van der Waals surface area (Å²) in [6, 6.07) is 3.77. The number of carbonyl (C=O) groups excluding carboxylic acids is 1. The van der Waals surface area contributed by atoms with Crippen molar-refractivity contribution in [2.45, 2.75) is 19.3 Å². The molecule has 0 N–H and O–H groups in total. The summed E-state index contributed by atoms with van der Waals surface area (Å²) >= 11 is 0. The van der Waals surface area contributed by atoms with E-state index in [1.165, 1.54) is 12.1 Å². The minimum atomic E-state index is -0.506. The SMILES string of the molecule is O=C1CCCc2oc3ccc(F)cc3c(=O)c21. The van der Waals surface area contributed by atoms with E-state index in [1.54, 1.807) is 0 Å². The molecule has 0 radical (unpaired) electrons. The zero-order valence-corrected chi connectivity index (χ0v) is 8.96. The molecule has 1 heterocycles. The Morgan fingerprint density at radius 3 is 2.82 bits per heavy atom. The summed E-state index contributed by atoms with van der Waals surface area (Å²) in [4.78, 5) is 23.8. The second kappa shape index (κ2) is 3.52. The minimum Gasteiger partial charge on any atom is -0.460 e. The number of hydrogen-bond donors (Lipinski definition) is 0. The maximum absolute atomic E-state index is 13.1. The molecule has 1 aliphatic carbocycles. The average molecular weight is 232 g/mol. The van der Waals surface area contributed by atoms with E-state index < -0.39 is 11.2 Å². The van der Waals surface area contributed by atoms with Gasteiger partial charge < -0.3 is 4.42 Å². The van der Waals surface area contributed by atoms with Crippen molar-refractivity contribution in [2.24, 2.45) is 0 Å². The third-order valence-corrected chi connectivity index (χ3v) is 3.01. The summed E-state index contributed by atoms with van der Waals surface area (Å²) in [6.45, 7) is 0. The van der Waals surface area contributed by atoms with E-state index in [0.29, 0.717) is 30.6 Å². The molecule has 3 nitrogen and oxygen atoms in total. The molecule has 0 saturated carbocycles. The fourth-order valence-corrected chi connectivity index (χ4v) is 2.21. The van der Waals surface area contributed by atoms with Crippen LogP contribution in [0.2, 0.25) is 0 Å². The Morgan fingerprint density at radius 2 is 2.00 bits per heavy atom. The van der Waals surface area contributed by atoms with E-state index in [-0.39, 0.29) is 16.7 Å². The molecule has 4 heteroatoms. The highest BCUT2D eigenvalue weighted by Gasteiger charge is 2.24. The second-order valence-electron chi connectivity index (χ2n) is 4.15. The molecule has 0 atom stereocenters. The van der Waals surface area contributed by atoms with Crippen molar-refractivity contribution in [3.63, 3.8) is 0 Å². The fraction of sp³-hybridized carbons (Fsp3) is 0.231. The molecule has 0 saturated heterocycles. The Bertz CT molecular complexity index is 685. The molecule has 1 aromatic heterocycles. The molecule has 1 aromatic carbocycles. The van der Waals surface area contributed by atoms with E-state index in [0.717, 1.165) is 6.07 Å². The molecule has 2 aromatic rings. The number of hydrogen-bond acceptors (Lipinski definition) is 3. The lowest BCUT2D eigenvalue weighted by Crippen LogP contribution is -2.22. The van der Waals surface area contributed by atoms with Gasteiger partial charge in [-0.2, -0.15) is 0 Å². The predicted molar refractivity (Wildman–Crippen MR) is 59.7 cm³/mol. The van der Waals surface area contributed by atoms with Crippen LogP contribution in [0.4, 0.5) is 4.39 Å². The van der Waals surface area contributed by atoms with Crippen molar-refractivity contribution >= 4 is 16.8 Å². The van der Waals surface area contributed by atoms with Crippen molar-refractivity contribution in [3.05, 3.63) is 45.6 Å². The number of fused-ring (bicyclic) bond motifs is 2. The van der Waals surface area contributed by atoms with Gasteiger partial charge in [0.25, 0.3) is 0 Å². The molecule has 17 heavy (non-hydrogen) atoms. The first-order chi connectivity index (χ1) is 8.16. The van der Waals surface area contributed by atoms with Gasteiger partial charge in [0.15, 0.2) is 5.78 Å². The lowest BCUT2D eigenvalue weighted by molar-refractivity contribution is 0.0966. The topological polar surface area (TPSA) is 47.3 Å². The summed E-state index contributed by atoms with van der Waals surface area (Å²) in [5, 5.41) is 0.138. The van der Waals surface area contributed by atoms with Gasteiger partial charge in [-0.25, -0.2) is 4.39 Å². The molecule has 0 aliphatic heterocycles. The van der Waals surface area contributed by atoms with Crippen LogP contribution in [0.3, 0.4) is 0 Å². The van der Waals surface area contributed by atoms with Gasteiger partial charge in [-0.1, -0.05) is 0 Å². The third-order valence-electron chi connectivity index (χ3n) is 3.01. The largest absolute Gasteiger partial charge is 0.460 e. The van der Waals surface area contributed by atoms with Crippen LogP contribution in [0.5, 0.6) is 0 Å². The summed E-state index contributed by atoms with van der Waals surface area (Å²) in [5.74, 6) is -0.274. The zero-order valence-electron chi connectivity index (χ0n) is 8.96. The smallest absolute Gasteiger partial charge is 0.203 e. The first-order valence-corrected chi connectivity index (χ1v) is 5.45. The standard InChI is InChI=1S/C13H9FO3/c14-7-4-5-10-8(6-7)13(16)12-9(15)2-1-3-11(12)17-10/h4-6H,1-3H2. The quantitative estimate of drug-likeness (QED) is 0.700. The van der Waals surface area contributed by atoms with Crippen LogP contribution in [0, 0.1) is 5.82 Å². The summed E-state index contributed by atoms with van der Waals surface area (Å²) < 4.78 is 18.6. The van der Waals surface area contributed by atoms with Gasteiger partial charge in [0.05, 0.1) is 5.39 Å². The van der Waals surface area contributed by atoms with Crippen molar-refractivity contribution in [3.8, 4) is 0 Å². The molecular formula is C13H9FO3. The van der Waals surface area contributed by atoms with Crippen molar-refractivity contribution in [2.75, 3.05) is 0 Å². The van der Waals surface area contributed by atoms with Crippen LogP contribution in [-0.4, -0.2) is 5.78 Å². The number of ketones is 1. The minimum absolute atomic E-state index is 0.106. The van der Waals surface area contributed by atoms with Crippen molar-refractivity contribution < 1.29 is 13.6 Å². The highest BCUT2D eigenvalue weighted by molar-refractivity contribution is 6.00. The summed E-state index contributed by atoms with van der Waals surface area (Å²) in [6.07, 6.45) is 1.64. The van der Waals surface area contributed by atoms with E-state index in [9.17, 15) is 14.0 Å². The van der Waals surface area contributed by atoms with E-state index in [1.807, 2.05) is 0 Å². The van der Waals surface area contributed by atoms with E-state index in [2.05, 4.69) is 0 Å². The van der Waals surface area contributed by atoms with Crippen LogP contribution >= 0.6 is 0 Å². The summed E-state index contributed by atoms with van der Waals surface area (Å²) in [5.41, 5.74) is 0.0321. The van der Waals surface area contributed by atoms with E-state index in [4.69, 9.17) is 4.42 Å².